The van der Waals surface area contributed by atoms with Gasteiger partial charge in [-0.3, -0.25) is 0 Å². The molecular formula is C20H22ClN5. The summed E-state index contributed by atoms with van der Waals surface area (Å²) in [5.74, 6) is 2.70. The van der Waals surface area contributed by atoms with E-state index >= 15 is 0 Å². The molecule has 0 unspecified atom stereocenters. The summed E-state index contributed by atoms with van der Waals surface area (Å²) in [4.78, 5) is 15.7. The molecule has 1 fully saturated rings. The van der Waals surface area contributed by atoms with Crippen LogP contribution in [0.3, 0.4) is 0 Å². The van der Waals surface area contributed by atoms with Gasteiger partial charge in [0.05, 0.1) is 5.52 Å². The van der Waals surface area contributed by atoms with Gasteiger partial charge < -0.3 is 10.2 Å². The minimum Gasteiger partial charge on any atom is -0.365 e. The second-order valence-corrected chi connectivity index (χ2v) is 7.37. The van der Waals surface area contributed by atoms with Gasteiger partial charge in [0, 0.05) is 36.2 Å². The van der Waals surface area contributed by atoms with Crippen LogP contribution < -0.4 is 10.2 Å². The first-order chi connectivity index (χ1) is 12.7. The second kappa shape index (κ2) is 7.46. The van der Waals surface area contributed by atoms with Gasteiger partial charge in [0.1, 0.15) is 18.0 Å². The van der Waals surface area contributed by atoms with Crippen LogP contribution in [-0.4, -0.2) is 28.0 Å². The first-order valence-corrected chi connectivity index (χ1v) is 9.41. The molecule has 3 aromatic rings. The molecule has 4 rings (SSSR count). The molecule has 2 aromatic heterocycles. The third kappa shape index (κ3) is 3.73. The zero-order valence-corrected chi connectivity index (χ0v) is 15.6. The molecule has 5 nitrogen and oxygen atoms in total. The molecule has 6 heteroatoms. The normalized spacial score (nSPS) is 15.4. The standard InChI is InChI=1S/C20H22ClN5/c1-14-6-8-26(9-7-14)19-5-2-15(11-22-19)12-23-20-17-4-3-16(21)10-18(17)24-13-25-20/h2-5,10-11,13-14H,6-9,12H2,1H3,(H,23,24,25). The van der Waals surface area contributed by atoms with Crippen molar-refractivity contribution in [3.05, 3.63) is 53.4 Å². The summed E-state index contributed by atoms with van der Waals surface area (Å²) in [7, 11) is 0. The summed E-state index contributed by atoms with van der Waals surface area (Å²) in [5.41, 5.74) is 1.96. The number of fused-ring (bicyclic) bond motifs is 1. The Morgan fingerprint density at radius 2 is 1.96 bits per heavy atom. The van der Waals surface area contributed by atoms with Crippen LogP contribution in [0.2, 0.25) is 5.02 Å². The predicted molar refractivity (Wildman–Crippen MR) is 107 cm³/mol. The number of nitrogens with zero attached hydrogens (tertiary/aromatic N) is 4. The molecule has 0 aliphatic carbocycles. The van der Waals surface area contributed by atoms with Crippen LogP contribution in [0.4, 0.5) is 11.6 Å². The van der Waals surface area contributed by atoms with Crippen LogP contribution in [0.5, 0.6) is 0 Å². The highest BCUT2D eigenvalue weighted by Crippen LogP contribution is 2.24. The van der Waals surface area contributed by atoms with Crippen LogP contribution in [0, 0.1) is 5.92 Å². The number of hydrogen-bond acceptors (Lipinski definition) is 5. The molecule has 1 aliphatic heterocycles. The van der Waals surface area contributed by atoms with Gasteiger partial charge in [0.25, 0.3) is 0 Å². The van der Waals surface area contributed by atoms with Crippen molar-refractivity contribution in [3.8, 4) is 0 Å². The summed E-state index contributed by atoms with van der Waals surface area (Å²) >= 11 is 6.04. The molecule has 26 heavy (non-hydrogen) atoms. The van der Waals surface area contributed by atoms with Crippen molar-refractivity contribution in [1.82, 2.24) is 15.0 Å². The number of hydrogen-bond donors (Lipinski definition) is 1. The molecule has 1 saturated heterocycles. The molecule has 1 aromatic carbocycles. The topological polar surface area (TPSA) is 53.9 Å². The second-order valence-electron chi connectivity index (χ2n) is 6.93. The molecule has 134 valence electrons. The first kappa shape index (κ1) is 17.0. The van der Waals surface area contributed by atoms with Crippen molar-refractivity contribution < 1.29 is 0 Å². The van der Waals surface area contributed by atoms with E-state index in [1.165, 1.54) is 12.8 Å². The number of piperidine rings is 1. The Morgan fingerprint density at radius 1 is 1.12 bits per heavy atom. The fraction of sp³-hybridized carbons (Fsp3) is 0.350. The highest BCUT2D eigenvalue weighted by atomic mass is 35.5. The van der Waals surface area contributed by atoms with Crippen LogP contribution >= 0.6 is 11.6 Å². The van der Waals surface area contributed by atoms with Crippen molar-refractivity contribution in [2.45, 2.75) is 26.3 Å². The highest BCUT2D eigenvalue weighted by Gasteiger charge is 2.16. The lowest BCUT2D eigenvalue weighted by molar-refractivity contribution is 0.436. The summed E-state index contributed by atoms with van der Waals surface area (Å²) in [6.45, 7) is 5.19. The number of aromatic nitrogens is 3. The average molecular weight is 368 g/mol. The zero-order chi connectivity index (χ0) is 17.9. The number of nitrogens with one attached hydrogen (secondary N) is 1. The Bertz CT molecular complexity index is 888. The highest BCUT2D eigenvalue weighted by molar-refractivity contribution is 6.31. The third-order valence-electron chi connectivity index (χ3n) is 4.98. The van der Waals surface area contributed by atoms with Crippen molar-refractivity contribution in [2.24, 2.45) is 5.92 Å². The lowest BCUT2D eigenvalue weighted by Crippen LogP contribution is -2.33. The van der Waals surface area contributed by atoms with E-state index in [2.05, 4.69) is 44.2 Å². The van der Waals surface area contributed by atoms with Crippen LogP contribution in [0.15, 0.2) is 42.9 Å². The molecule has 0 atom stereocenters. The molecule has 0 amide bonds. The van der Waals surface area contributed by atoms with Crippen molar-refractivity contribution in [2.75, 3.05) is 23.3 Å². The fourth-order valence-electron chi connectivity index (χ4n) is 3.30. The Balaban J connectivity index is 1.44. The summed E-state index contributed by atoms with van der Waals surface area (Å²) < 4.78 is 0. The number of anilines is 2. The van der Waals surface area contributed by atoms with E-state index in [-0.39, 0.29) is 0 Å². The monoisotopic (exact) mass is 367 g/mol. The lowest BCUT2D eigenvalue weighted by Gasteiger charge is -2.31. The molecule has 3 heterocycles. The minimum atomic E-state index is 0.666. The lowest BCUT2D eigenvalue weighted by atomic mass is 9.99. The largest absolute Gasteiger partial charge is 0.365 e. The summed E-state index contributed by atoms with van der Waals surface area (Å²) in [6.07, 6.45) is 5.99. The molecule has 0 bridgehead atoms. The third-order valence-corrected chi connectivity index (χ3v) is 5.21. The smallest absolute Gasteiger partial charge is 0.137 e. The molecule has 0 saturated carbocycles. The van der Waals surface area contributed by atoms with E-state index in [1.54, 1.807) is 6.33 Å². The van der Waals surface area contributed by atoms with Gasteiger partial charge in [0.15, 0.2) is 0 Å². The van der Waals surface area contributed by atoms with Gasteiger partial charge in [-0.2, -0.15) is 0 Å². The SMILES string of the molecule is CC1CCN(c2ccc(CNc3ncnc4cc(Cl)ccc34)cn2)CC1. The van der Waals surface area contributed by atoms with E-state index in [1.807, 2.05) is 24.4 Å². The van der Waals surface area contributed by atoms with Crippen molar-refractivity contribution >= 4 is 34.1 Å². The molecule has 1 N–H and O–H groups in total. The molecule has 0 radical (unpaired) electrons. The summed E-state index contributed by atoms with van der Waals surface area (Å²) in [6, 6.07) is 9.89. The molecule has 0 spiro atoms. The van der Waals surface area contributed by atoms with Crippen molar-refractivity contribution in [3.63, 3.8) is 0 Å². The summed E-state index contributed by atoms with van der Waals surface area (Å²) in [5, 5.41) is 5.02. The van der Waals surface area contributed by atoms with E-state index < -0.39 is 0 Å². The maximum atomic E-state index is 6.04. The number of pyridine rings is 1. The van der Waals surface area contributed by atoms with Gasteiger partial charge >= 0.3 is 0 Å². The Hall–Kier alpha value is -2.40. The number of halogens is 1. The van der Waals surface area contributed by atoms with Gasteiger partial charge in [-0.25, -0.2) is 15.0 Å². The van der Waals surface area contributed by atoms with Gasteiger partial charge in [-0.15, -0.1) is 0 Å². The van der Waals surface area contributed by atoms with Gasteiger partial charge in [-0.1, -0.05) is 24.6 Å². The van der Waals surface area contributed by atoms with E-state index in [0.717, 1.165) is 47.1 Å². The first-order valence-electron chi connectivity index (χ1n) is 9.03. The van der Waals surface area contributed by atoms with E-state index in [9.17, 15) is 0 Å². The maximum absolute atomic E-state index is 6.04. The van der Waals surface area contributed by atoms with Gasteiger partial charge in [0.2, 0.25) is 0 Å². The number of benzene rings is 1. The predicted octanol–water partition coefficient (Wildman–Crippen LogP) is 4.53. The van der Waals surface area contributed by atoms with Crippen LogP contribution in [-0.2, 0) is 6.54 Å². The van der Waals surface area contributed by atoms with Crippen LogP contribution in [0.25, 0.3) is 10.9 Å². The van der Waals surface area contributed by atoms with E-state index in [0.29, 0.717) is 11.6 Å². The van der Waals surface area contributed by atoms with Crippen LogP contribution in [0.1, 0.15) is 25.3 Å². The average Bonchev–Trinajstić information content (AvgIpc) is 2.67. The van der Waals surface area contributed by atoms with Crippen molar-refractivity contribution in [1.29, 1.82) is 0 Å². The minimum absolute atomic E-state index is 0.666. The van der Waals surface area contributed by atoms with Gasteiger partial charge in [-0.05, 0) is 48.6 Å². The fourth-order valence-corrected chi connectivity index (χ4v) is 3.47. The number of rotatable bonds is 4. The van der Waals surface area contributed by atoms with E-state index in [4.69, 9.17) is 11.6 Å². The maximum Gasteiger partial charge on any atom is 0.137 e. The Morgan fingerprint density at radius 3 is 2.73 bits per heavy atom. The quantitative estimate of drug-likeness (QED) is 0.734. The molecular weight excluding hydrogens is 346 g/mol. The Labute approximate surface area is 158 Å². The Kier molecular flexibility index (Phi) is 4.89. The molecule has 1 aliphatic rings. The zero-order valence-electron chi connectivity index (χ0n) is 14.8.